The molecule has 0 radical (unpaired) electrons. The van der Waals surface area contributed by atoms with E-state index >= 15 is 0 Å². The van der Waals surface area contributed by atoms with Crippen molar-refractivity contribution in [3.8, 4) is 0 Å². The van der Waals surface area contributed by atoms with Crippen LogP contribution in [-0.2, 0) is 6.54 Å². The Labute approximate surface area is 125 Å². The molecular formula is C14H16N4S2. The lowest BCUT2D eigenvalue weighted by molar-refractivity contribution is 0.928. The second-order valence-electron chi connectivity index (χ2n) is 4.83. The molecule has 104 valence electrons. The molecule has 2 heterocycles. The highest BCUT2D eigenvalue weighted by atomic mass is 32.1. The molecule has 0 saturated carbocycles. The fraction of sp³-hybridized carbons (Fsp3) is 0.286. The Morgan fingerprint density at radius 2 is 2.10 bits per heavy atom. The van der Waals surface area contributed by atoms with Crippen LogP contribution < -0.4 is 10.6 Å². The van der Waals surface area contributed by atoms with Gasteiger partial charge in [-0.15, -0.1) is 22.7 Å². The fourth-order valence-corrected chi connectivity index (χ4v) is 3.89. The van der Waals surface area contributed by atoms with Gasteiger partial charge in [-0.3, -0.25) is 0 Å². The number of nitrogen functional groups attached to an aromatic ring is 1. The summed E-state index contributed by atoms with van der Waals surface area (Å²) in [5.74, 6) is 0. The van der Waals surface area contributed by atoms with Gasteiger partial charge in [0.2, 0.25) is 0 Å². The highest BCUT2D eigenvalue weighted by Crippen LogP contribution is 2.32. The van der Waals surface area contributed by atoms with Crippen LogP contribution in [-0.4, -0.2) is 17.0 Å². The van der Waals surface area contributed by atoms with Gasteiger partial charge >= 0.3 is 0 Å². The van der Waals surface area contributed by atoms with Crippen molar-refractivity contribution in [2.45, 2.75) is 20.4 Å². The molecule has 3 aromatic rings. The van der Waals surface area contributed by atoms with E-state index in [1.807, 2.05) is 25.4 Å². The molecule has 3 rings (SSSR count). The van der Waals surface area contributed by atoms with Crippen LogP contribution in [0.4, 0.5) is 11.4 Å². The van der Waals surface area contributed by atoms with Gasteiger partial charge in [-0.1, -0.05) is 0 Å². The molecule has 0 atom stereocenters. The van der Waals surface area contributed by atoms with Crippen LogP contribution in [0.1, 0.15) is 15.6 Å². The molecule has 4 nitrogen and oxygen atoms in total. The first-order chi connectivity index (χ1) is 9.54. The topological polar surface area (TPSA) is 55.0 Å². The third-order valence-corrected chi connectivity index (χ3v) is 5.13. The summed E-state index contributed by atoms with van der Waals surface area (Å²) in [6, 6.07) is 4.09. The van der Waals surface area contributed by atoms with Crippen molar-refractivity contribution in [2.24, 2.45) is 0 Å². The van der Waals surface area contributed by atoms with E-state index in [-0.39, 0.29) is 0 Å². The Morgan fingerprint density at radius 3 is 2.80 bits per heavy atom. The van der Waals surface area contributed by atoms with Gasteiger partial charge in [-0.2, -0.15) is 0 Å². The molecule has 2 aromatic heterocycles. The number of hydrogen-bond acceptors (Lipinski definition) is 6. The molecule has 2 N–H and O–H groups in total. The van der Waals surface area contributed by atoms with Gasteiger partial charge in [0.05, 0.1) is 44.3 Å². The minimum Gasteiger partial charge on any atom is -0.397 e. The molecule has 0 fully saturated rings. The van der Waals surface area contributed by atoms with Gasteiger partial charge in [0.1, 0.15) is 0 Å². The summed E-state index contributed by atoms with van der Waals surface area (Å²) < 4.78 is 1.14. The molecule has 0 aliphatic rings. The van der Waals surface area contributed by atoms with Crippen molar-refractivity contribution in [3.63, 3.8) is 0 Å². The smallest absolute Gasteiger partial charge is 0.0907 e. The van der Waals surface area contributed by atoms with Gasteiger partial charge in [0, 0.05) is 11.9 Å². The molecule has 0 unspecified atom stereocenters. The lowest BCUT2D eigenvalue weighted by Gasteiger charge is -2.20. The molecular weight excluding hydrogens is 288 g/mol. The molecule has 0 spiro atoms. The predicted octanol–water partition coefficient (Wildman–Crippen LogP) is 3.59. The van der Waals surface area contributed by atoms with E-state index in [0.29, 0.717) is 0 Å². The first-order valence-corrected chi connectivity index (χ1v) is 8.01. The quantitative estimate of drug-likeness (QED) is 0.751. The molecule has 0 bridgehead atoms. The van der Waals surface area contributed by atoms with Crippen molar-refractivity contribution in [1.29, 1.82) is 0 Å². The molecule has 1 aromatic carbocycles. The van der Waals surface area contributed by atoms with Gasteiger partial charge in [-0.05, 0) is 26.0 Å². The van der Waals surface area contributed by atoms with Crippen LogP contribution in [0, 0.1) is 13.8 Å². The largest absolute Gasteiger partial charge is 0.397 e. The maximum absolute atomic E-state index is 6.19. The number of aromatic nitrogens is 2. The van der Waals surface area contributed by atoms with E-state index in [0.717, 1.165) is 38.8 Å². The predicted molar refractivity (Wildman–Crippen MR) is 87.7 cm³/mol. The van der Waals surface area contributed by atoms with E-state index in [4.69, 9.17) is 5.73 Å². The molecule has 20 heavy (non-hydrogen) atoms. The highest BCUT2D eigenvalue weighted by Gasteiger charge is 2.12. The summed E-state index contributed by atoms with van der Waals surface area (Å²) in [6.45, 7) is 4.87. The van der Waals surface area contributed by atoms with E-state index in [1.54, 1.807) is 22.7 Å². The summed E-state index contributed by atoms with van der Waals surface area (Å²) in [6.07, 6.45) is 0. The Balaban J connectivity index is 1.96. The Bertz CT molecular complexity index is 760. The molecule has 0 amide bonds. The molecule has 0 saturated heterocycles. The average Bonchev–Trinajstić information content (AvgIpc) is 2.93. The summed E-state index contributed by atoms with van der Waals surface area (Å²) in [7, 11) is 2.05. The number of fused-ring (bicyclic) bond motifs is 1. The van der Waals surface area contributed by atoms with E-state index < -0.39 is 0 Å². The lowest BCUT2D eigenvalue weighted by atomic mass is 10.2. The second kappa shape index (κ2) is 5.03. The number of hydrogen-bond donors (Lipinski definition) is 1. The van der Waals surface area contributed by atoms with E-state index in [2.05, 4.69) is 28.0 Å². The highest BCUT2D eigenvalue weighted by molar-refractivity contribution is 7.18. The van der Waals surface area contributed by atoms with E-state index in [9.17, 15) is 0 Å². The summed E-state index contributed by atoms with van der Waals surface area (Å²) in [4.78, 5) is 12.2. The van der Waals surface area contributed by atoms with Crippen molar-refractivity contribution in [1.82, 2.24) is 9.97 Å². The van der Waals surface area contributed by atoms with E-state index in [1.165, 1.54) is 4.88 Å². The van der Waals surface area contributed by atoms with Gasteiger partial charge in [0.25, 0.3) is 0 Å². The SMILES string of the molecule is Cc1nc2cc(N(C)Cc3scnc3C)c(N)cc2s1. The molecule has 0 aliphatic heterocycles. The average molecular weight is 304 g/mol. The van der Waals surface area contributed by atoms with Crippen LogP contribution in [0.3, 0.4) is 0 Å². The summed E-state index contributed by atoms with van der Waals surface area (Å²) in [5, 5.41) is 1.07. The number of nitrogens with two attached hydrogens (primary N) is 1. The van der Waals surface area contributed by atoms with Crippen molar-refractivity contribution >= 4 is 44.3 Å². The normalized spacial score (nSPS) is 11.2. The zero-order valence-corrected chi connectivity index (χ0v) is 13.3. The minimum atomic E-state index is 0.797. The number of benzene rings is 1. The van der Waals surface area contributed by atoms with Crippen molar-refractivity contribution in [3.05, 3.63) is 33.2 Å². The third kappa shape index (κ3) is 2.36. The van der Waals surface area contributed by atoms with Crippen LogP contribution in [0.15, 0.2) is 17.6 Å². The molecule has 0 aliphatic carbocycles. The van der Waals surface area contributed by atoms with Crippen LogP contribution in [0.5, 0.6) is 0 Å². The van der Waals surface area contributed by atoms with Crippen LogP contribution >= 0.6 is 22.7 Å². The standard InChI is InChI=1S/C14H16N4S2/c1-8-14(19-7-16-8)6-18(3)12-5-11-13(4-10(12)15)20-9(2)17-11/h4-5,7H,6,15H2,1-3H3. The minimum absolute atomic E-state index is 0.797. The number of anilines is 2. The maximum atomic E-state index is 6.19. The van der Waals surface area contributed by atoms with Crippen molar-refractivity contribution < 1.29 is 0 Å². The Morgan fingerprint density at radius 1 is 1.30 bits per heavy atom. The van der Waals surface area contributed by atoms with Gasteiger partial charge in [-0.25, -0.2) is 9.97 Å². The summed E-state index contributed by atoms with van der Waals surface area (Å²) in [5.41, 5.74) is 12.0. The number of nitrogens with zero attached hydrogens (tertiary/aromatic N) is 3. The second-order valence-corrected chi connectivity index (χ2v) is 7.00. The first-order valence-electron chi connectivity index (χ1n) is 6.31. The number of aryl methyl sites for hydroxylation is 2. The lowest BCUT2D eigenvalue weighted by Crippen LogP contribution is -2.17. The Kier molecular flexibility index (Phi) is 3.35. The first kappa shape index (κ1) is 13.3. The van der Waals surface area contributed by atoms with Gasteiger partial charge in [0.15, 0.2) is 0 Å². The van der Waals surface area contributed by atoms with Crippen LogP contribution in [0.25, 0.3) is 10.2 Å². The fourth-order valence-electron chi connectivity index (χ4n) is 2.20. The number of rotatable bonds is 3. The Hall–Kier alpha value is -1.66. The van der Waals surface area contributed by atoms with Crippen LogP contribution in [0.2, 0.25) is 0 Å². The maximum Gasteiger partial charge on any atom is 0.0907 e. The zero-order valence-electron chi connectivity index (χ0n) is 11.7. The van der Waals surface area contributed by atoms with Gasteiger partial charge < -0.3 is 10.6 Å². The molecule has 6 heteroatoms. The monoisotopic (exact) mass is 304 g/mol. The zero-order chi connectivity index (χ0) is 14.3. The summed E-state index contributed by atoms with van der Waals surface area (Å²) >= 11 is 3.36. The van der Waals surface area contributed by atoms with Crippen molar-refractivity contribution in [2.75, 3.05) is 17.7 Å². The third-order valence-electron chi connectivity index (χ3n) is 3.28. The number of thiazole rings is 2.